The number of nitrogens with two attached hydrogens (primary N) is 1. The molecule has 0 saturated heterocycles. The molecule has 3 rings (SSSR count). The Morgan fingerprint density at radius 3 is 2.85 bits per heavy atom. The highest BCUT2D eigenvalue weighted by molar-refractivity contribution is 6.01. The Bertz CT molecular complexity index is 918. The fourth-order valence-electron chi connectivity index (χ4n) is 2.31. The third kappa shape index (κ3) is 3.08. The van der Waals surface area contributed by atoms with Crippen molar-refractivity contribution in [2.45, 2.75) is 27.0 Å². The molecule has 0 bridgehead atoms. The average molecular weight is 367 g/mol. The third-order valence-corrected chi connectivity index (χ3v) is 3.58. The fourth-order valence-corrected chi connectivity index (χ4v) is 2.31. The number of carbonyl (C=O) groups excluding carboxylic acids is 1. The van der Waals surface area contributed by atoms with Gasteiger partial charge >= 0.3 is 12.6 Å². The number of ether oxygens (including phenoxy) is 2. The van der Waals surface area contributed by atoms with Crippen molar-refractivity contribution >= 4 is 11.8 Å². The molecule has 10 nitrogen and oxygen atoms in total. The van der Waals surface area contributed by atoms with Gasteiger partial charge in [0, 0.05) is 18.3 Å². The lowest BCUT2D eigenvalue weighted by atomic mass is 10.1. The van der Waals surface area contributed by atoms with Crippen LogP contribution in [0.2, 0.25) is 0 Å². The number of aromatic nitrogens is 6. The van der Waals surface area contributed by atoms with E-state index in [1.165, 1.54) is 17.8 Å². The largest absolute Gasteiger partial charge is 0.417 e. The van der Waals surface area contributed by atoms with Gasteiger partial charge < -0.3 is 15.2 Å². The van der Waals surface area contributed by atoms with Crippen molar-refractivity contribution in [1.82, 2.24) is 30.2 Å². The molecule has 138 valence electrons. The average Bonchev–Trinajstić information content (AvgIpc) is 3.29. The molecule has 0 aliphatic heterocycles. The predicted molar refractivity (Wildman–Crippen MR) is 84.8 cm³/mol. The van der Waals surface area contributed by atoms with Gasteiger partial charge in [0.15, 0.2) is 0 Å². The first-order valence-corrected chi connectivity index (χ1v) is 7.49. The van der Waals surface area contributed by atoms with E-state index in [2.05, 4.69) is 30.2 Å². The number of nitrogen functional groups attached to an aromatic ring is 1. The van der Waals surface area contributed by atoms with Crippen molar-refractivity contribution in [3.8, 4) is 23.0 Å². The van der Waals surface area contributed by atoms with Gasteiger partial charge in [-0.2, -0.15) is 19.0 Å². The van der Waals surface area contributed by atoms with Crippen LogP contribution in [0.4, 0.5) is 14.6 Å². The second kappa shape index (κ2) is 6.82. The number of hydrogen-bond donors (Lipinski definition) is 3. The summed E-state index contributed by atoms with van der Waals surface area (Å²) in [5.74, 6) is -1.23. The van der Waals surface area contributed by atoms with Crippen LogP contribution in [-0.4, -0.2) is 42.8 Å². The van der Waals surface area contributed by atoms with Crippen molar-refractivity contribution in [3.05, 3.63) is 23.5 Å². The van der Waals surface area contributed by atoms with E-state index < -0.39 is 12.6 Å². The van der Waals surface area contributed by atoms with E-state index >= 15 is 0 Å². The zero-order valence-electron chi connectivity index (χ0n) is 13.8. The lowest BCUT2D eigenvalue weighted by molar-refractivity contribution is -0.0533. The molecule has 0 aliphatic rings. The van der Waals surface area contributed by atoms with Gasteiger partial charge in [0.1, 0.15) is 17.1 Å². The van der Waals surface area contributed by atoms with Crippen molar-refractivity contribution < 1.29 is 23.0 Å². The summed E-state index contributed by atoms with van der Waals surface area (Å²) in [7, 11) is 0. The van der Waals surface area contributed by atoms with Crippen LogP contribution in [0.1, 0.15) is 22.8 Å². The first kappa shape index (κ1) is 17.4. The van der Waals surface area contributed by atoms with Crippen molar-refractivity contribution in [1.29, 1.82) is 0 Å². The van der Waals surface area contributed by atoms with E-state index in [9.17, 15) is 13.6 Å². The molecule has 3 aromatic heterocycles. The minimum atomic E-state index is -3.04. The number of esters is 1. The topological polar surface area (TPSA) is 137 Å². The summed E-state index contributed by atoms with van der Waals surface area (Å²) >= 11 is 0. The number of H-pyrrole nitrogens is 2. The zero-order valence-corrected chi connectivity index (χ0v) is 13.8. The first-order chi connectivity index (χ1) is 12.4. The molecule has 0 aliphatic carbocycles. The van der Waals surface area contributed by atoms with Gasteiger partial charge in [-0.3, -0.25) is 5.10 Å². The number of carbonyl (C=O) groups is 1. The van der Waals surface area contributed by atoms with Crippen LogP contribution in [0.25, 0.3) is 11.3 Å². The van der Waals surface area contributed by atoms with E-state index in [0.29, 0.717) is 12.1 Å². The summed E-state index contributed by atoms with van der Waals surface area (Å²) in [6.07, 6.45) is 3.03. The number of halogens is 2. The highest BCUT2D eigenvalue weighted by atomic mass is 19.3. The fraction of sp³-hybridized carbons (Fsp3) is 0.286. The van der Waals surface area contributed by atoms with E-state index in [1.54, 1.807) is 6.20 Å². The second-order valence-electron chi connectivity index (χ2n) is 5.16. The standard InChI is InChI=1S/C14H15F2N7O3/c1-3-23-10(17)8(9(22-23)7-4-18-19-5-7)13(24)25-11-6(2)12(21-20-11)26-14(15)16/h4-5,14H,3,17H2,1-2H3,(H,18,19)(H,20,21). The van der Waals surface area contributed by atoms with Gasteiger partial charge in [0.05, 0.1) is 11.8 Å². The van der Waals surface area contributed by atoms with E-state index in [1.807, 2.05) is 6.92 Å². The van der Waals surface area contributed by atoms with Crippen LogP contribution in [0.15, 0.2) is 12.4 Å². The molecular weight excluding hydrogens is 352 g/mol. The van der Waals surface area contributed by atoms with Crippen molar-refractivity contribution in [3.63, 3.8) is 0 Å². The highest BCUT2D eigenvalue weighted by Crippen LogP contribution is 2.30. The molecule has 0 fully saturated rings. The Balaban J connectivity index is 1.94. The second-order valence-corrected chi connectivity index (χ2v) is 5.16. The summed E-state index contributed by atoms with van der Waals surface area (Å²) < 4.78 is 35.5. The lowest BCUT2D eigenvalue weighted by Crippen LogP contribution is -2.13. The zero-order chi connectivity index (χ0) is 18.8. The first-order valence-electron chi connectivity index (χ1n) is 7.49. The van der Waals surface area contributed by atoms with Gasteiger partial charge in [0.25, 0.3) is 0 Å². The predicted octanol–water partition coefficient (Wildman–Crippen LogP) is 1.73. The Morgan fingerprint density at radius 1 is 1.46 bits per heavy atom. The minimum Gasteiger partial charge on any atom is -0.417 e. The molecule has 26 heavy (non-hydrogen) atoms. The Kier molecular flexibility index (Phi) is 4.56. The van der Waals surface area contributed by atoms with E-state index in [-0.39, 0.29) is 34.4 Å². The molecule has 0 unspecified atom stereocenters. The monoisotopic (exact) mass is 367 g/mol. The Morgan fingerprint density at radius 2 is 2.23 bits per heavy atom. The summed E-state index contributed by atoms with van der Waals surface area (Å²) in [4.78, 5) is 12.6. The van der Waals surface area contributed by atoms with Gasteiger partial charge in [-0.1, -0.05) is 0 Å². The molecule has 3 aromatic rings. The normalized spacial score (nSPS) is 11.1. The number of aromatic amines is 2. The number of nitrogens with zero attached hydrogens (tertiary/aromatic N) is 4. The molecule has 0 spiro atoms. The molecule has 0 aromatic carbocycles. The van der Waals surface area contributed by atoms with Crippen LogP contribution in [0.3, 0.4) is 0 Å². The minimum absolute atomic E-state index is 0.0203. The number of alkyl halides is 2. The van der Waals surface area contributed by atoms with E-state index in [0.717, 1.165) is 0 Å². The molecular formula is C14H15F2N7O3. The van der Waals surface area contributed by atoms with Crippen LogP contribution < -0.4 is 15.2 Å². The quantitative estimate of drug-likeness (QED) is 0.564. The summed E-state index contributed by atoms with van der Waals surface area (Å²) in [6, 6.07) is 0. The molecule has 0 atom stereocenters. The van der Waals surface area contributed by atoms with Gasteiger partial charge in [-0.05, 0) is 13.8 Å². The SMILES string of the molecule is CCn1nc(-c2cn[nH]c2)c(C(=O)Oc2n[nH]c(OC(F)F)c2C)c1N. The lowest BCUT2D eigenvalue weighted by Gasteiger charge is -2.04. The smallest absolute Gasteiger partial charge is 0.388 e. The third-order valence-electron chi connectivity index (χ3n) is 3.58. The van der Waals surface area contributed by atoms with Crippen molar-refractivity contribution in [2.24, 2.45) is 0 Å². The maximum atomic E-state index is 12.6. The number of hydrogen-bond acceptors (Lipinski definition) is 7. The number of aryl methyl sites for hydroxylation is 1. The maximum absolute atomic E-state index is 12.6. The molecule has 3 heterocycles. The Labute approximate surface area is 145 Å². The van der Waals surface area contributed by atoms with Gasteiger partial charge in [-0.25, -0.2) is 14.6 Å². The summed E-state index contributed by atoms with van der Waals surface area (Å²) in [5, 5.41) is 16.6. The molecule has 0 radical (unpaired) electrons. The number of nitrogens with one attached hydrogen (secondary N) is 2. The van der Waals surface area contributed by atoms with E-state index in [4.69, 9.17) is 10.5 Å². The summed E-state index contributed by atoms with van der Waals surface area (Å²) in [5.41, 5.74) is 6.95. The molecule has 0 amide bonds. The van der Waals surface area contributed by atoms with Crippen LogP contribution in [0.5, 0.6) is 11.8 Å². The molecule has 0 saturated carbocycles. The Hall–Kier alpha value is -3.44. The highest BCUT2D eigenvalue weighted by Gasteiger charge is 2.27. The van der Waals surface area contributed by atoms with Crippen LogP contribution in [0, 0.1) is 6.92 Å². The maximum Gasteiger partial charge on any atom is 0.388 e. The van der Waals surface area contributed by atoms with Crippen molar-refractivity contribution in [2.75, 3.05) is 5.73 Å². The summed E-state index contributed by atoms with van der Waals surface area (Å²) in [6.45, 7) is 0.615. The molecule has 12 heteroatoms. The van der Waals surface area contributed by atoms with Crippen LogP contribution in [-0.2, 0) is 6.54 Å². The molecule has 4 N–H and O–H groups in total. The van der Waals surface area contributed by atoms with Gasteiger partial charge in [0.2, 0.25) is 11.8 Å². The van der Waals surface area contributed by atoms with Gasteiger partial charge in [-0.15, -0.1) is 5.10 Å². The van der Waals surface area contributed by atoms with Crippen LogP contribution >= 0.6 is 0 Å². The number of rotatable bonds is 6. The number of anilines is 1.